The van der Waals surface area contributed by atoms with Gasteiger partial charge in [0, 0.05) is 19.6 Å². The average Bonchev–Trinajstić information content (AvgIpc) is 2.46. The molecular weight excluding hydrogens is 304 g/mol. The Labute approximate surface area is 131 Å². The van der Waals surface area contributed by atoms with E-state index in [2.05, 4.69) is 5.32 Å². The van der Waals surface area contributed by atoms with E-state index in [1.165, 1.54) is 17.0 Å². The van der Waals surface area contributed by atoms with Gasteiger partial charge in [-0.3, -0.25) is 4.90 Å². The molecule has 0 aromatic heterocycles. The second-order valence-electron chi connectivity index (χ2n) is 6.19. The maximum Gasteiger partial charge on any atom is 0.411 e. The molecule has 1 aliphatic rings. The van der Waals surface area contributed by atoms with Crippen molar-refractivity contribution < 1.29 is 17.9 Å². The van der Waals surface area contributed by atoms with Crippen LogP contribution in [0.2, 0.25) is 0 Å². The van der Waals surface area contributed by atoms with Crippen molar-refractivity contribution in [1.82, 2.24) is 10.2 Å². The van der Waals surface area contributed by atoms with E-state index >= 15 is 0 Å². The highest BCUT2D eigenvalue weighted by atomic mass is 32.2. The molecule has 0 bridgehead atoms. The first-order valence-electron chi connectivity index (χ1n) is 7.21. The Kier molecular flexibility index (Phi) is 4.77. The molecule has 0 aliphatic carbocycles. The quantitative estimate of drug-likeness (QED) is 0.894. The van der Waals surface area contributed by atoms with Gasteiger partial charge in [-0.25, -0.2) is 13.2 Å². The summed E-state index contributed by atoms with van der Waals surface area (Å²) in [5, 5.41) is 2.07. The van der Waals surface area contributed by atoms with Gasteiger partial charge in [0.2, 0.25) is 9.84 Å². The van der Waals surface area contributed by atoms with Crippen LogP contribution in [-0.2, 0) is 14.6 Å². The van der Waals surface area contributed by atoms with Crippen molar-refractivity contribution in [1.29, 1.82) is 0 Å². The van der Waals surface area contributed by atoms with Crippen molar-refractivity contribution in [3.05, 3.63) is 30.3 Å². The summed E-state index contributed by atoms with van der Waals surface area (Å²) in [5.74, 6) is 0. The van der Waals surface area contributed by atoms with Gasteiger partial charge in [0.1, 0.15) is 5.60 Å². The summed E-state index contributed by atoms with van der Waals surface area (Å²) in [6.07, 6.45) is -0.599. The zero-order valence-corrected chi connectivity index (χ0v) is 13.9. The van der Waals surface area contributed by atoms with Crippen LogP contribution >= 0.6 is 0 Å². The van der Waals surface area contributed by atoms with Gasteiger partial charge >= 0.3 is 6.09 Å². The standard InChI is InChI=1S/C15H22N2O4S/c1-15(2,3)21-14(18)17-10-9-16-11-13(17)22(19,20)12-7-5-4-6-8-12/h4-8,13,16H,9-11H2,1-3H3. The molecule has 1 saturated heterocycles. The number of nitrogens with zero attached hydrogens (tertiary/aromatic N) is 1. The van der Waals surface area contributed by atoms with Gasteiger partial charge in [0.05, 0.1) is 4.90 Å². The molecule has 1 aromatic rings. The van der Waals surface area contributed by atoms with Crippen molar-refractivity contribution >= 4 is 15.9 Å². The van der Waals surface area contributed by atoms with E-state index in [-0.39, 0.29) is 11.4 Å². The minimum absolute atomic E-state index is 0.191. The summed E-state index contributed by atoms with van der Waals surface area (Å²) < 4.78 is 30.9. The van der Waals surface area contributed by atoms with Crippen molar-refractivity contribution in [3.63, 3.8) is 0 Å². The fraction of sp³-hybridized carbons (Fsp3) is 0.533. The summed E-state index contributed by atoms with van der Waals surface area (Å²) in [7, 11) is -3.65. The van der Waals surface area contributed by atoms with Crippen molar-refractivity contribution in [2.75, 3.05) is 19.6 Å². The largest absolute Gasteiger partial charge is 0.444 e. The second-order valence-corrected chi connectivity index (χ2v) is 8.30. The van der Waals surface area contributed by atoms with E-state index < -0.39 is 26.9 Å². The first-order chi connectivity index (χ1) is 10.2. The molecule has 122 valence electrons. The van der Waals surface area contributed by atoms with Crippen LogP contribution in [-0.4, -0.2) is 50.0 Å². The fourth-order valence-electron chi connectivity index (χ4n) is 2.25. The molecule has 0 spiro atoms. The minimum Gasteiger partial charge on any atom is -0.444 e. The third-order valence-corrected chi connectivity index (χ3v) is 5.32. The molecule has 0 saturated carbocycles. The molecule has 2 rings (SSSR count). The number of piperazine rings is 1. The first kappa shape index (κ1) is 16.8. The molecule has 1 atom stereocenters. The molecule has 1 aliphatic heterocycles. The molecule has 1 fully saturated rings. The van der Waals surface area contributed by atoms with Crippen LogP contribution in [0.25, 0.3) is 0 Å². The molecular formula is C15H22N2O4S. The number of sulfone groups is 1. The van der Waals surface area contributed by atoms with Crippen LogP contribution in [0.15, 0.2) is 35.2 Å². The van der Waals surface area contributed by atoms with Crippen molar-refractivity contribution in [3.8, 4) is 0 Å². The molecule has 6 nitrogen and oxygen atoms in total. The van der Waals surface area contributed by atoms with E-state index in [4.69, 9.17) is 4.74 Å². The summed E-state index contributed by atoms with van der Waals surface area (Å²) in [6.45, 7) is 6.30. The number of carbonyl (C=O) groups is 1. The number of carbonyl (C=O) groups excluding carboxylic acids is 1. The van der Waals surface area contributed by atoms with Crippen LogP contribution in [0.3, 0.4) is 0 Å². The summed E-state index contributed by atoms with van der Waals surface area (Å²) in [5.41, 5.74) is -0.664. The molecule has 1 N–H and O–H groups in total. The highest BCUT2D eigenvalue weighted by molar-refractivity contribution is 7.92. The Morgan fingerprint density at radius 3 is 2.50 bits per heavy atom. The number of nitrogens with one attached hydrogen (secondary N) is 1. The lowest BCUT2D eigenvalue weighted by Gasteiger charge is -2.36. The molecule has 7 heteroatoms. The number of rotatable bonds is 2. The van der Waals surface area contributed by atoms with Crippen LogP contribution in [0.1, 0.15) is 20.8 Å². The lowest BCUT2D eigenvalue weighted by Crippen LogP contribution is -2.57. The highest BCUT2D eigenvalue weighted by Crippen LogP contribution is 2.22. The van der Waals surface area contributed by atoms with Crippen LogP contribution in [0.4, 0.5) is 4.79 Å². The van der Waals surface area contributed by atoms with Gasteiger partial charge in [-0.15, -0.1) is 0 Å². The third-order valence-electron chi connectivity index (χ3n) is 3.25. The lowest BCUT2D eigenvalue weighted by atomic mass is 10.2. The SMILES string of the molecule is CC(C)(C)OC(=O)N1CCNCC1S(=O)(=O)c1ccccc1. The van der Waals surface area contributed by atoms with Crippen molar-refractivity contribution in [2.24, 2.45) is 0 Å². The number of ether oxygens (including phenoxy) is 1. The van der Waals surface area contributed by atoms with Gasteiger partial charge < -0.3 is 10.1 Å². The number of hydrogen-bond donors (Lipinski definition) is 1. The number of hydrogen-bond acceptors (Lipinski definition) is 5. The first-order valence-corrected chi connectivity index (χ1v) is 8.76. The Morgan fingerprint density at radius 1 is 1.27 bits per heavy atom. The lowest BCUT2D eigenvalue weighted by molar-refractivity contribution is 0.0193. The minimum atomic E-state index is -3.65. The summed E-state index contributed by atoms with van der Waals surface area (Å²) in [4.78, 5) is 13.8. The Morgan fingerprint density at radius 2 is 1.91 bits per heavy atom. The normalized spacial score (nSPS) is 19.8. The van der Waals surface area contributed by atoms with Gasteiger partial charge in [-0.1, -0.05) is 18.2 Å². The van der Waals surface area contributed by atoms with E-state index in [1.54, 1.807) is 39.0 Å². The van der Waals surface area contributed by atoms with Crippen LogP contribution in [0, 0.1) is 0 Å². The maximum atomic E-state index is 12.8. The smallest absolute Gasteiger partial charge is 0.411 e. The van der Waals surface area contributed by atoms with Gasteiger partial charge in [0.25, 0.3) is 0 Å². The number of amides is 1. The summed E-state index contributed by atoms with van der Waals surface area (Å²) >= 11 is 0. The predicted molar refractivity (Wildman–Crippen MR) is 83.2 cm³/mol. The molecule has 1 aromatic carbocycles. The second kappa shape index (κ2) is 6.26. The number of benzene rings is 1. The van der Waals surface area contributed by atoms with Crippen LogP contribution in [0.5, 0.6) is 0 Å². The predicted octanol–water partition coefficient (Wildman–Crippen LogP) is 1.63. The molecule has 1 amide bonds. The van der Waals surface area contributed by atoms with E-state index in [9.17, 15) is 13.2 Å². The Bertz CT molecular complexity index is 623. The van der Waals surface area contributed by atoms with Gasteiger partial charge in [-0.05, 0) is 32.9 Å². The molecule has 1 heterocycles. The zero-order chi connectivity index (χ0) is 16.4. The maximum absolute atomic E-state index is 12.8. The molecule has 22 heavy (non-hydrogen) atoms. The molecule has 1 unspecified atom stereocenters. The van der Waals surface area contributed by atoms with Crippen molar-refractivity contribution in [2.45, 2.75) is 36.6 Å². The average molecular weight is 326 g/mol. The van der Waals surface area contributed by atoms with E-state index in [1.807, 2.05) is 0 Å². The Hall–Kier alpha value is -1.60. The summed E-state index contributed by atoms with van der Waals surface area (Å²) in [6, 6.07) is 8.17. The highest BCUT2D eigenvalue weighted by Gasteiger charge is 2.39. The molecule has 0 radical (unpaired) electrons. The topological polar surface area (TPSA) is 75.7 Å². The van der Waals surface area contributed by atoms with E-state index in [0.717, 1.165) is 0 Å². The third kappa shape index (κ3) is 3.78. The fourth-order valence-corrected chi connectivity index (χ4v) is 3.97. The van der Waals surface area contributed by atoms with Crippen LogP contribution < -0.4 is 5.32 Å². The monoisotopic (exact) mass is 326 g/mol. The zero-order valence-electron chi connectivity index (χ0n) is 13.1. The Balaban J connectivity index is 2.29. The van der Waals surface area contributed by atoms with E-state index in [0.29, 0.717) is 13.1 Å². The van der Waals surface area contributed by atoms with Gasteiger partial charge in [-0.2, -0.15) is 0 Å². The van der Waals surface area contributed by atoms with Gasteiger partial charge in [0.15, 0.2) is 5.37 Å².